The Morgan fingerprint density at radius 3 is 1.70 bits per heavy atom. The first kappa shape index (κ1) is 21.4. The molecular formula is C23H30O3S. The molecule has 0 fully saturated rings. The van der Waals surface area contributed by atoms with E-state index >= 15 is 0 Å². The van der Waals surface area contributed by atoms with Gasteiger partial charge in [0.05, 0.1) is 10.5 Å². The van der Waals surface area contributed by atoms with Gasteiger partial charge in [-0.15, -0.1) is 0 Å². The van der Waals surface area contributed by atoms with Crippen LogP contribution in [0.4, 0.5) is 0 Å². The van der Waals surface area contributed by atoms with Crippen molar-refractivity contribution in [1.82, 2.24) is 0 Å². The molecule has 146 valence electrons. The van der Waals surface area contributed by atoms with Crippen molar-refractivity contribution < 1.29 is 13.2 Å². The van der Waals surface area contributed by atoms with E-state index in [4.69, 9.17) is 0 Å². The van der Waals surface area contributed by atoms with Gasteiger partial charge in [0.1, 0.15) is 0 Å². The average molecular weight is 387 g/mol. The third-order valence-electron chi connectivity index (χ3n) is 4.75. The van der Waals surface area contributed by atoms with Gasteiger partial charge in [-0.1, -0.05) is 69.3 Å². The first-order valence-corrected chi connectivity index (χ1v) is 10.9. The van der Waals surface area contributed by atoms with Gasteiger partial charge in [-0.2, -0.15) is 0 Å². The Bertz CT molecular complexity index is 892. The van der Waals surface area contributed by atoms with Crippen molar-refractivity contribution in [1.29, 1.82) is 0 Å². The summed E-state index contributed by atoms with van der Waals surface area (Å²) in [7, 11) is -3.23. The Balaban J connectivity index is 2.08. The van der Waals surface area contributed by atoms with Crippen LogP contribution in [-0.2, 0) is 27.4 Å². The fourth-order valence-corrected chi connectivity index (χ4v) is 3.70. The van der Waals surface area contributed by atoms with Gasteiger partial charge in [0.2, 0.25) is 0 Å². The summed E-state index contributed by atoms with van der Waals surface area (Å²) in [5, 5.41) is 0. The van der Waals surface area contributed by atoms with Gasteiger partial charge in [-0.3, -0.25) is 4.79 Å². The molecule has 0 spiro atoms. The highest BCUT2D eigenvalue weighted by molar-refractivity contribution is 7.91. The summed E-state index contributed by atoms with van der Waals surface area (Å²) in [4.78, 5) is 12.5. The van der Waals surface area contributed by atoms with Gasteiger partial charge in [-0.05, 0) is 42.9 Å². The van der Waals surface area contributed by atoms with E-state index in [0.29, 0.717) is 17.5 Å². The lowest BCUT2D eigenvalue weighted by Gasteiger charge is -2.19. The molecule has 0 saturated heterocycles. The molecule has 0 amide bonds. The number of hydrogen-bond acceptors (Lipinski definition) is 3. The maximum absolute atomic E-state index is 12.5. The molecule has 0 atom stereocenters. The molecule has 0 heterocycles. The predicted molar refractivity (Wildman–Crippen MR) is 112 cm³/mol. The van der Waals surface area contributed by atoms with Crippen molar-refractivity contribution in [3.63, 3.8) is 0 Å². The lowest BCUT2D eigenvalue weighted by atomic mass is 9.86. The first-order valence-electron chi connectivity index (χ1n) is 9.23. The summed E-state index contributed by atoms with van der Waals surface area (Å²) >= 11 is 0. The normalized spacial score (nSPS) is 12.8. The van der Waals surface area contributed by atoms with Crippen molar-refractivity contribution >= 4 is 15.6 Å². The van der Waals surface area contributed by atoms with E-state index < -0.39 is 14.6 Å². The molecule has 0 unspecified atom stereocenters. The quantitative estimate of drug-likeness (QED) is 0.670. The summed E-state index contributed by atoms with van der Waals surface area (Å²) in [6.07, 6.45) is 0.337. The topological polar surface area (TPSA) is 51.2 Å². The molecule has 4 heteroatoms. The van der Waals surface area contributed by atoms with E-state index in [2.05, 4.69) is 32.9 Å². The lowest BCUT2D eigenvalue weighted by Crippen LogP contribution is -2.29. The SMILES string of the molecule is CC(C)(C)c1ccc(CC(=O)c2ccc(CS(=O)(=O)C(C)(C)C)cc2)cc1. The number of sulfone groups is 1. The standard InChI is InChI=1S/C23H30O3S/c1-22(2,3)20-13-9-17(10-14-20)15-21(24)19-11-7-18(8-12-19)16-27(25,26)23(4,5)6/h7-14H,15-16H2,1-6H3. The fourth-order valence-electron chi connectivity index (χ4n) is 2.63. The predicted octanol–water partition coefficient (Wildman–Crippen LogP) is 5.12. The van der Waals surface area contributed by atoms with Crippen LogP contribution >= 0.6 is 0 Å². The second kappa shape index (κ2) is 7.59. The van der Waals surface area contributed by atoms with Crippen LogP contribution in [-0.4, -0.2) is 18.9 Å². The number of carbonyl (C=O) groups excluding carboxylic acids is 1. The number of hydrogen-bond donors (Lipinski definition) is 0. The molecule has 0 bridgehead atoms. The van der Waals surface area contributed by atoms with Crippen molar-refractivity contribution in [2.24, 2.45) is 0 Å². The smallest absolute Gasteiger partial charge is 0.167 e. The van der Waals surface area contributed by atoms with E-state index in [-0.39, 0.29) is 17.0 Å². The molecule has 0 N–H and O–H groups in total. The highest BCUT2D eigenvalue weighted by Crippen LogP contribution is 2.23. The highest BCUT2D eigenvalue weighted by Gasteiger charge is 2.28. The first-order chi connectivity index (χ1) is 12.3. The Morgan fingerprint density at radius 1 is 0.778 bits per heavy atom. The Labute approximate surface area is 163 Å². The lowest BCUT2D eigenvalue weighted by molar-refractivity contribution is 0.0993. The molecule has 0 saturated carbocycles. The van der Waals surface area contributed by atoms with Gasteiger partial charge in [0, 0.05) is 12.0 Å². The minimum atomic E-state index is -3.23. The van der Waals surface area contributed by atoms with Crippen LogP contribution in [0.3, 0.4) is 0 Å². The zero-order valence-electron chi connectivity index (χ0n) is 17.2. The number of ketones is 1. The van der Waals surface area contributed by atoms with Crippen LogP contribution in [0, 0.1) is 0 Å². The Kier molecular flexibility index (Phi) is 6.00. The van der Waals surface area contributed by atoms with Gasteiger partial charge < -0.3 is 0 Å². The summed E-state index contributed by atoms with van der Waals surface area (Å²) in [6.45, 7) is 11.6. The Morgan fingerprint density at radius 2 is 1.26 bits per heavy atom. The zero-order valence-corrected chi connectivity index (χ0v) is 18.0. The molecule has 0 radical (unpaired) electrons. The number of benzene rings is 2. The number of carbonyl (C=O) groups is 1. The molecule has 2 rings (SSSR count). The van der Waals surface area contributed by atoms with Gasteiger partial charge in [0.15, 0.2) is 15.6 Å². The number of Topliss-reactive ketones (excluding diaryl/α,β-unsaturated/α-hetero) is 1. The third kappa shape index (κ3) is 5.52. The van der Waals surface area contributed by atoms with E-state index in [1.54, 1.807) is 45.0 Å². The molecule has 2 aromatic rings. The van der Waals surface area contributed by atoms with Gasteiger partial charge >= 0.3 is 0 Å². The second-order valence-corrected chi connectivity index (χ2v) is 11.9. The molecular weight excluding hydrogens is 356 g/mol. The maximum Gasteiger partial charge on any atom is 0.167 e. The highest BCUT2D eigenvalue weighted by atomic mass is 32.2. The van der Waals surface area contributed by atoms with Crippen LogP contribution < -0.4 is 0 Å². The maximum atomic E-state index is 12.5. The summed E-state index contributed by atoms with van der Waals surface area (Å²) in [6, 6.07) is 15.1. The molecule has 0 aliphatic heterocycles. The Hall–Kier alpha value is -1.94. The van der Waals surface area contributed by atoms with Crippen molar-refractivity contribution in [3.8, 4) is 0 Å². The van der Waals surface area contributed by atoms with E-state index in [0.717, 1.165) is 5.56 Å². The molecule has 2 aromatic carbocycles. The molecule has 0 aliphatic rings. The molecule has 27 heavy (non-hydrogen) atoms. The van der Waals surface area contributed by atoms with E-state index in [1.807, 2.05) is 12.1 Å². The van der Waals surface area contributed by atoms with Crippen LogP contribution in [0.25, 0.3) is 0 Å². The van der Waals surface area contributed by atoms with Crippen LogP contribution in [0.5, 0.6) is 0 Å². The van der Waals surface area contributed by atoms with Crippen LogP contribution in [0.15, 0.2) is 48.5 Å². The number of rotatable bonds is 5. The van der Waals surface area contributed by atoms with E-state index in [1.165, 1.54) is 5.56 Å². The summed E-state index contributed by atoms with van der Waals surface area (Å²) in [5.74, 6) is 0.0166. The molecule has 0 aliphatic carbocycles. The van der Waals surface area contributed by atoms with Crippen molar-refractivity contribution in [3.05, 3.63) is 70.8 Å². The zero-order chi connectivity index (χ0) is 20.5. The average Bonchev–Trinajstić information content (AvgIpc) is 2.53. The van der Waals surface area contributed by atoms with Crippen molar-refractivity contribution in [2.45, 2.75) is 63.9 Å². The van der Waals surface area contributed by atoms with Crippen LogP contribution in [0.2, 0.25) is 0 Å². The largest absolute Gasteiger partial charge is 0.294 e. The third-order valence-corrected chi connectivity index (χ3v) is 7.33. The minimum absolute atomic E-state index is 0.0146. The summed E-state index contributed by atoms with van der Waals surface area (Å²) < 4.78 is 23.8. The van der Waals surface area contributed by atoms with Gasteiger partial charge in [-0.25, -0.2) is 8.42 Å². The molecule has 0 aromatic heterocycles. The van der Waals surface area contributed by atoms with E-state index in [9.17, 15) is 13.2 Å². The second-order valence-electron chi connectivity index (χ2n) is 9.12. The van der Waals surface area contributed by atoms with Crippen molar-refractivity contribution in [2.75, 3.05) is 0 Å². The monoisotopic (exact) mass is 386 g/mol. The summed E-state index contributed by atoms with van der Waals surface area (Å²) in [5.41, 5.74) is 3.62. The minimum Gasteiger partial charge on any atom is -0.294 e. The molecule has 3 nitrogen and oxygen atoms in total. The van der Waals surface area contributed by atoms with Crippen LogP contribution in [0.1, 0.15) is 68.6 Å². The van der Waals surface area contributed by atoms with Gasteiger partial charge in [0.25, 0.3) is 0 Å². The fraction of sp³-hybridized carbons (Fsp3) is 0.435.